The molecule has 0 saturated heterocycles. The predicted molar refractivity (Wildman–Crippen MR) is 170 cm³/mol. The Morgan fingerprint density at radius 3 is 2.45 bits per heavy atom. The molecule has 0 aliphatic carbocycles. The Kier molecular flexibility index (Phi) is 13.4. The van der Waals surface area contributed by atoms with Crippen LogP contribution < -0.4 is 25.0 Å². The minimum Gasteiger partial charge on any atom is -0.490 e. The van der Waals surface area contributed by atoms with E-state index in [2.05, 4.69) is 38.7 Å². The Morgan fingerprint density at radius 2 is 1.76 bits per heavy atom. The zero-order chi connectivity index (χ0) is 30.5. The quantitative estimate of drug-likeness (QED) is 0.103. The number of carbonyl (C=O) groups excluding carboxylic acids is 2. The van der Waals surface area contributed by atoms with E-state index in [0.717, 1.165) is 18.4 Å². The molecule has 224 valence electrons. The van der Waals surface area contributed by atoms with Gasteiger partial charge >= 0.3 is 0 Å². The standard InChI is InChI=1S/C31H34BrCl2N3O5/c1-4-6-14-41-29-24(32)15-22(17-28(29)40-5-2)19-35-37-31(39)26(16-21-10-8-7-9-11-21)36-30(38)20(3)42-27-13-12-23(33)18-25(27)34/h7-13,15,17-20,26H,4-6,14,16H2,1-3H3,(H,36,38)(H,37,39)/b35-19-/t20-,26-/m0/s1. The average molecular weight is 679 g/mol. The van der Waals surface area contributed by atoms with Crippen molar-refractivity contribution in [1.29, 1.82) is 0 Å². The van der Waals surface area contributed by atoms with Gasteiger partial charge in [-0.1, -0.05) is 66.9 Å². The van der Waals surface area contributed by atoms with Gasteiger partial charge in [-0.3, -0.25) is 9.59 Å². The lowest BCUT2D eigenvalue weighted by molar-refractivity contribution is -0.132. The molecular weight excluding hydrogens is 645 g/mol. The second-order valence-electron chi connectivity index (χ2n) is 9.28. The summed E-state index contributed by atoms with van der Waals surface area (Å²) in [7, 11) is 0. The lowest BCUT2D eigenvalue weighted by Gasteiger charge is -2.21. The third-order valence-corrected chi connectivity index (χ3v) is 7.07. The third kappa shape index (κ3) is 10.2. The molecule has 0 unspecified atom stereocenters. The Balaban J connectivity index is 1.72. The molecule has 0 fully saturated rings. The minimum atomic E-state index is -0.939. The van der Waals surface area contributed by atoms with Gasteiger partial charge < -0.3 is 19.5 Å². The van der Waals surface area contributed by atoms with Gasteiger partial charge in [0.05, 0.1) is 28.9 Å². The molecule has 3 rings (SSSR count). The van der Waals surface area contributed by atoms with E-state index in [1.165, 1.54) is 12.3 Å². The van der Waals surface area contributed by atoms with E-state index in [9.17, 15) is 9.59 Å². The highest BCUT2D eigenvalue weighted by molar-refractivity contribution is 9.10. The number of ether oxygens (including phenoxy) is 3. The van der Waals surface area contributed by atoms with Crippen molar-refractivity contribution in [2.45, 2.75) is 52.2 Å². The maximum absolute atomic E-state index is 13.2. The smallest absolute Gasteiger partial charge is 0.262 e. The van der Waals surface area contributed by atoms with Crippen LogP contribution in [-0.2, 0) is 16.0 Å². The first-order valence-electron chi connectivity index (χ1n) is 13.6. The zero-order valence-corrected chi connectivity index (χ0v) is 26.8. The monoisotopic (exact) mass is 677 g/mol. The average Bonchev–Trinajstić information content (AvgIpc) is 2.96. The number of hydrogen-bond acceptors (Lipinski definition) is 6. The van der Waals surface area contributed by atoms with Crippen LogP contribution in [-0.4, -0.2) is 43.4 Å². The normalized spacial score (nSPS) is 12.4. The first kappa shape index (κ1) is 33.2. The second-order valence-corrected chi connectivity index (χ2v) is 11.0. The summed E-state index contributed by atoms with van der Waals surface area (Å²) in [5.74, 6) is 0.499. The molecule has 0 bridgehead atoms. The molecule has 8 nitrogen and oxygen atoms in total. The van der Waals surface area contributed by atoms with Crippen molar-refractivity contribution in [3.05, 3.63) is 86.3 Å². The van der Waals surface area contributed by atoms with Crippen LogP contribution in [0.2, 0.25) is 10.0 Å². The first-order chi connectivity index (χ1) is 20.2. The van der Waals surface area contributed by atoms with E-state index in [-0.39, 0.29) is 11.4 Å². The fraction of sp³-hybridized carbons (Fsp3) is 0.323. The van der Waals surface area contributed by atoms with Gasteiger partial charge in [0.1, 0.15) is 11.8 Å². The largest absolute Gasteiger partial charge is 0.490 e. The van der Waals surface area contributed by atoms with Crippen molar-refractivity contribution < 1.29 is 23.8 Å². The first-order valence-corrected chi connectivity index (χ1v) is 15.1. The van der Waals surface area contributed by atoms with Crippen molar-refractivity contribution >= 4 is 57.2 Å². The fourth-order valence-corrected chi connectivity index (χ4v) is 4.82. The van der Waals surface area contributed by atoms with Gasteiger partial charge in [-0.25, -0.2) is 5.43 Å². The molecule has 11 heteroatoms. The number of carbonyl (C=O) groups is 2. The van der Waals surface area contributed by atoms with Crippen LogP contribution in [0.25, 0.3) is 0 Å². The number of halogens is 3. The Bertz CT molecular complexity index is 1370. The summed E-state index contributed by atoms with van der Waals surface area (Å²) in [6.45, 7) is 6.59. The van der Waals surface area contributed by atoms with Crippen LogP contribution in [0.15, 0.2) is 70.2 Å². The molecule has 3 aromatic rings. The molecule has 0 aromatic heterocycles. The molecule has 42 heavy (non-hydrogen) atoms. The van der Waals surface area contributed by atoms with Crippen LogP contribution in [0.4, 0.5) is 0 Å². The number of nitrogens with one attached hydrogen (secondary N) is 2. The van der Waals surface area contributed by atoms with Crippen molar-refractivity contribution in [2.24, 2.45) is 5.10 Å². The number of hydrogen-bond donors (Lipinski definition) is 2. The summed E-state index contributed by atoms with van der Waals surface area (Å²) < 4.78 is 18.1. The van der Waals surface area contributed by atoms with E-state index in [4.69, 9.17) is 37.4 Å². The Hall–Kier alpha value is -3.27. The second kappa shape index (κ2) is 17.0. The molecule has 0 saturated carbocycles. The molecule has 0 spiro atoms. The number of amides is 2. The third-order valence-electron chi connectivity index (χ3n) is 5.95. The minimum absolute atomic E-state index is 0.242. The molecule has 2 amide bonds. The van der Waals surface area contributed by atoms with Gasteiger partial charge in [0, 0.05) is 11.4 Å². The van der Waals surface area contributed by atoms with Gasteiger partial charge in [-0.2, -0.15) is 5.10 Å². The molecule has 2 atom stereocenters. The van der Waals surface area contributed by atoms with Crippen LogP contribution in [0, 0.1) is 0 Å². The van der Waals surface area contributed by atoms with Crippen molar-refractivity contribution in [1.82, 2.24) is 10.7 Å². The SMILES string of the molecule is CCCCOc1c(Br)cc(/C=N\NC(=O)[C@H](Cc2ccccc2)NC(=O)[C@H](C)Oc2ccc(Cl)cc2Cl)cc1OCC. The van der Waals surface area contributed by atoms with E-state index < -0.39 is 24.0 Å². The van der Waals surface area contributed by atoms with Gasteiger partial charge in [-0.05, 0) is 77.7 Å². The molecule has 0 aliphatic heterocycles. The van der Waals surface area contributed by atoms with Crippen LogP contribution in [0.3, 0.4) is 0 Å². The van der Waals surface area contributed by atoms with Crippen LogP contribution in [0.5, 0.6) is 17.2 Å². The lowest BCUT2D eigenvalue weighted by Crippen LogP contribution is -2.50. The van der Waals surface area contributed by atoms with Crippen LogP contribution >= 0.6 is 39.1 Å². The highest BCUT2D eigenvalue weighted by Gasteiger charge is 2.25. The summed E-state index contributed by atoms with van der Waals surface area (Å²) in [5.41, 5.74) is 4.08. The topological polar surface area (TPSA) is 98.2 Å². The van der Waals surface area contributed by atoms with E-state index in [1.807, 2.05) is 43.3 Å². The Labute approximate surface area is 264 Å². The summed E-state index contributed by atoms with van der Waals surface area (Å²) >= 11 is 15.7. The van der Waals surface area contributed by atoms with Crippen LogP contribution in [0.1, 0.15) is 44.7 Å². The fourth-order valence-electron chi connectivity index (χ4n) is 3.80. The van der Waals surface area contributed by atoms with Crippen molar-refractivity contribution in [3.8, 4) is 17.2 Å². The van der Waals surface area contributed by atoms with E-state index in [0.29, 0.717) is 45.5 Å². The molecule has 3 aromatic carbocycles. The number of rotatable bonds is 15. The number of hydrazone groups is 1. The zero-order valence-electron chi connectivity index (χ0n) is 23.7. The van der Waals surface area contributed by atoms with Gasteiger partial charge in [-0.15, -0.1) is 0 Å². The van der Waals surface area contributed by atoms with Gasteiger partial charge in [0.2, 0.25) is 0 Å². The molecule has 0 heterocycles. The Morgan fingerprint density at radius 1 is 1.00 bits per heavy atom. The highest BCUT2D eigenvalue weighted by Crippen LogP contribution is 2.36. The maximum atomic E-state index is 13.2. The number of benzene rings is 3. The van der Waals surface area contributed by atoms with Gasteiger partial charge in [0.15, 0.2) is 17.6 Å². The maximum Gasteiger partial charge on any atom is 0.262 e. The van der Waals surface area contributed by atoms with Crippen molar-refractivity contribution in [3.63, 3.8) is 0 Å². The molecule has 0 aliphatic rings. The molecule has 0 radical (unpaired) electrons. The number of unbranched alkanes of at least 4 members (excludes halogenated alkanes) is 1. The van der Waals surface area contributed by atoms with E-state index in [1.54, 1.807) is 25.1 Å². The highest BCUT2D eigenvalue weighted by atomic mass is 79.9. The van der Waals surface area contributed by atoms with Crippen molar-refractivity contribution in [2.75, 3.05) is 13.2 Å². The van der Waals surface area contributed by atoms with Gasteiger partial charge in [0.25, 0.3) is 11.8 Å². The summed E-state index contributed by atoms with van der Waals surface area (Å²) in [6, 6.07) is 16.8. The summed E-state index contributed by atoms with van der Waals surface area (Å²) in [6.07, 6.45) is 2.74. The summed E-state index contributed by atoms with van der Waals surface area (Å²) in [4.78, 5) is 26.2. The molecule has 2 N–H and O–H groups in total. The lowest BCUT2D eigenvalue weighted by atomic mass is 10.1. The number of nitrogens with zero attached hydrogens (tertiary/aromatic N) is 1. The molecular formula is C31H34BrCl2N3O5. The van der Waals surface area contributed by atoms with E-state index >= 15 is 0 Å². The summed E-state index contributed by atoms with van der Waals surface area (Å²) in [5, 5.41) is 7.63. The predicted octanol–water partition coefficient (Wildman–Crippen LogP) is 6.98.